The highest BCUT2D eigenvalue weighted by Crippen LogP contribution is 2.20. The SMILES string of the molecule is CN(C)Cc1ccc(CSCCNc2nsnc2NCCSCc2ccsn2)o1. The largest absolute Gasteiger partial charge is 0.464 e. The summed E-state index contributed by atoms with van der Waals surface area (Å²) in [4.78, 5) is 2.10. The van der Waals surface area contributed by atoms with Crippen LogP contribution in [0.1, 0.15) is 17.2 Å². The van der Waals surface area contributed by atoms with E-state index in [2.05, 4.69) is 46.9 Å². The molecule has 0 saturated heterocycles. The molecule has 0 radical (unpaired) electrons. The van der Waals surface area contributed by atoms with E-state index in [0.717, 1.165) is 71.5 Å². The molecule has 0 saturated carbocycles. The smallest absolute Gasteiger partial charge is 0.184 e. The van der Waals surface area contributed by atoms with Crippen molar-refractivity contribution in [2.24, 2.45) is 0 Å². The minimum absolute atomic E-state index is 0.836. The van der Waals surface area contributed by atoms with Crippen LogP contribution in [0.5, 0.6) is 0 Å². The van der Waals surface area contributed by atoms with Crippen LogP contribution in [0, 0.1) is 0 Å². The fourth-order valence-corrected chi connectivity index (χ4v) is 5.10. The zero-order valence-corrected chi connectivity index (χ0v) is 19.9. The summed E-state index contributed by atoms with van der Waals surface area (Å²) < 4.78 is 18.9. The molecule has 0 unspecified atom stereocenters. The van der Waals surface area contributed by atoms with Crippen molar-refractivity contribution in [3.8, 4) is 0 Å². The van der Waals surface area contributed by atoms with Gasteiger partial charge in [-0.2, -0.15) is 36.6 Å². The topological polar surface area (TPSA) is 79.1 Å². The Bertz CT molecular complexity index is 820. The van der Waals surface area contributed by atoms with Gasteiger partial charge in [0, 0.05) is 35.7 Å². The third-order valence-electron chi connectivity index (χ3n) is 3.74. The summed E-state index contributed by atoms with van der Waals surface area (Å²) in [6, 6.07) is 6.20. The highest BCUT2D eigenvalue weighted by molar-refractivity contribution is 7.98. The number of anilines is 2. The van der Waals surface area contributed by atoms with E-state index in [1.807, 2.05) is 43.0 Å². The number of furan rings is 1. The quantitative estimate of drug-likeness (QED) is 0.334. The Hall–Kier alpha value is -1.27. The lowest BCUT2D eigenvalue weighted by atomic mass is 10.4. The van der Waals surface area contributed by atoms with Gasteiger partial charge in [0.05, 0.1) is 29.7 Å². The number of hydrogen-bond donors (Lipinski definition) is 2. The fraction of sp³-hybridized carbons (Fsp3) is 0.500. The van der Waals surface area contributed by atoms with E-state index in [1.54, 1.807) is 0 Å². The molecule has 3 aromatic heterocycles. The van der Waals surface area contributed by atoms with Gasteiger partial charge in [0.1, 0.15) is 11.5 Å². The Morgan fingerprint density at radius 3 is 2.28 bits per heavy atom. The van der Waals surface area contributed by atoms with E-state index in [9.17, 15) is 0 Å². The molecule has 3 rings (SSSR count). The number of nitrogens with zero attached hydrogens (tertiary/aromatic N) is 4. The molecule has 3 heterocycles. The van der Waals surface area contributed by atoms with Crippen molar-refractivity contribution in [3.63, 3.8) is 0 Å². The Labute approximate surface area is 188 Å². The minimum atomic E-state index is 0.836. The molecule has 2 N–H and O–H groups in total. The molecule has 0 aliphatic heterocycles. The zero-order chi connectivity index (χ0) is 20.3. The first kappa shape index (κ1) is 22.4. The van der Waals surface area contributed by atoms with Crippen LogP contribution in [-0.4, -0.2) is 56.7 Å². The number of nitrogens with one attached hydrogen (secondary N) is 2. The van der Waals surface area contributed by atoms with Gasteiger partial charge < -0.3 is 20.0 Å². The van der Waals surface area contributed by atoms with Gasteiger partial charge >= 0.3 is 0 Å². The van der Waals surface area contributed by atoms with Crippen LogP contribution in [0.15, 0.2) is 28.0 Å². The fourth-order valence-electron chi connectivity index (χ4n) is 2.46. The average molecular weight is 471 g/mol. The lowest BCUT2D eigenvalue weighted by Crippen LogP contribution is -2.10. The summed E-state index contributed by atoms with van der Waals surface area (Å²) in [6.07, 6.45) is 0. The molecule has 0 atom stereocenters. The Balaban J connectivity index is 1.27. The summed E-state index contributed by atoms with van der Waals surface area (Å²) in [7, 11) is 4.08. The molecule has 11 heteroatoms. The molecule has 0 bridgehead atoms. The second-order valence-electron chi connectivity index (χ2n) is 6.52. The van der Waals surface area contributed by atoms with Crippen LogP contribution in [0.25, 0.3) is 0 Å². The van der Waals surface area contributed by atoms with E-state index in [0.29, 0.717) is 0 Å². The van der Waals surface area contributed by atoms with Crippen LogP contribution in [0.2, 0.25) is 0 Å². The number of rotatable bonds is 14. The van der Waals surface area contributed by atoms with Crippen LogP contribution in [0.3, 0.4) is 0 Å². The zero-order valence-electron chi connectivity index (χ0n) is 16.6. The summed E-state index contributed by atoms with van der Waals surface area (Å²) in [5.74, 6) is 7.53. The molecular weight excluding hydrogens is 445 g/mol. The molecule has 0 fully saturated rings. The normalized spacial score (nSPS) is 11.3. The minimum Gasteiger partial charge on any atom is -0.464 e. The molecule has 0 aliphatic carbocycles. The second kappa shape index (κ2) is 12.4. The highest BCUT2D eigenvalue weighted by atomic mass is 32.2. The summed E-state index contributed by atoms with van der Waals surface area (Å²) in [5, 5.41) is 8.76. The Morgan fingerprint density at radius 1 is 0.931 bits per heavy atom. The number of hydrogen-bond acceptors (Lipinski definition) is 11. The van der Waals surface area contributed by atoms with Crippen LogP contribution >= 0.6 is 46.8 Å². The van der Waals surface area contributed by atoms with Crippen molar-refractivity contribution in [1.82, 2.24) is 18.0 Å². The van der Waals surface area contributed by atoms with Gasteiger partial charge in [-0.05, 0) is 43.8 Å². The van der Waals surface area contributed by atoms with E-state index in [-0.39, 0.29) is 0 Å². The standard InChI is InChI=1S/C18H26N6OS4/c1-24(2)11-15-3-4-16(25-15)13-27-10-7-20-18-17(22-29-23-18)19-6-9-26-12-14-5-8-28-21-14/h3-5,8H,6-7,9-13H2,1-2H3,(H,19,22)(H,20,23). The van der Waals surface area contributed by atoms with Gasteiger partial charge in [-0.1, -0.05) is 0 Å². The molecule has 0 spiro atoms. The van der Waals surface area contributed by atoms with Crippen LogP contribution in [0.4, 0.5) is 11.6 Å². The van der Waals surface area contributed by atoms with Gasteiger partial charge in [-0.15, -0.1) is 0 Å². The van der Waals surface area contributed by atoms with E-state index in [4.69, 9.17) is 4.42 Å². The maximum atomic E-state index is 5.83. The predicted molar refractivity (Wildman–Crippen MR) is 127 cm³/mol. The third-order valence-corrected chi connectivity index (χ3v) is 6.84. The second-order valence-corrected chi connectivity index (χ2v) is 9.92. The molecular formula is C18H26N6OS4. The van der Waals surface area contributed by atoms with Gasteiger partial charge in [0.15, 0.2) is 11.6 Å². The van der Waals surface area contributed by atoms with Gasteiger partial charge in [0.2, 0.25) is 0 Å². The first-order valence-electron chi connectivity index (χ1n) is 9.28. The summed E-state index contributed by atoms with van der Waals surface area (Å²) in [5.41, 5.74) is 1.15. The van der Waals surface area contributed by atoms with Gasteiger partial charge in [0.25, 0.3) is 0 Å². The van der Waals surface area contributed by atoms with E-state index < -0.39 is 0 Å². The molecule has 0 aromatic carbocycles. The molecule has 158 valence electrons. The molecule has 7 nitrogen and oxygen atoms in total. The summed E-state index contributed by atoms with van der Waals surface area (Å²) >= 11 is 6.45. The Morgan fingerprint density at radius 2 is 1.62 bits per heavy atom. The monoisotopic (exact) mass is 470 g/mol. The van der Waals surface area contributed by atoms with Gasteiger partial charge in [-0.25, -0.2) is 0 Å². The summed E-state index contributed by atoms with van der Waals surface area (Å²) in [6.45, 7) is 2.54. The van der Waals surface area contributed by atoms with Crippen LogP contribution < -0.4 is 10.6 Å². The van der Waals surface area contributed by atoms with Crippen molar-refractivity contribution in [3.05, 3.63) is 40.8 Å². The predicted octanol–water partition coefficient (Wildman–Crippen LogP) is 4.34. The average Bonchev–Trinajstić information content (AvgIpc) is 3.44. The van der Waals surface area contributed by atoms with Crippen molar-refractivity contribution >= 4 is 58.4 Å². The first-order chi connectivity index (χ1) is 14.2. The molecule has 29 heavy (non-hydrogen) atoms. The van der Waals surface area contributed by atoms with Gasteiger partial charge in [-0.3, -0.25) is 0 Å². The van der Waals surface area contributed by atoms with Crippen molar-refractivity contribution in [2.75, 3.05) is 49.3 Å². The number of thioether (sulfide) groups is 2. The van der Waals surface area contributed by atoms with Crippen LogP contribution in [-0.2, 0) is 18.1 Å². The third kappa shape index (κ3) is 8.17. The molecule has 0 amide bonds. The maximum Gasteiger partial charge on any atom is 0.184 e. The van der Waals surface area contributed by atoms with Crippen molar-refractivity contribution < 1.29 is 4.42 Å². The lowest BCUT2D eigenvalue weighted by Gasteiger charge is -2.07. The highest BCUT2D eigenvalue weighted by Gasteiger charge is 2.07. The van der Waals surface area contributed by atoms with Crippen molar-refractivity contribution in [1.29, 1.82) is 0 Å². The molecule has 0 aliphatic rings. The number of aromatic nitrogens is 3. The van der Waals surface area contributed by atoms with E-state index in [1.165, 1.54) is 23.3 Å². The lowest BCUT2D eigenvalue weighted by molar-refractivity contribution is 0.344. The maximum absolute atomic E-state index is 5.83. The molecule has 3 aromatic rings. The van der Waals surface area contributed by atoms with E-state index >= 15 is 0 Å². The Kier molecular flexibility index (Phi) is 9.61. The first-order valence-corrected chi connectivity index (χ1v) is 13.2. The van der Waals surface area contributed by atoms with Crippen molar-refractivity contribution in [2.45, 2.75) is 18.1 Å².